The second-order valence-corrected chi connectivity index (χ2v) is 8.64. The molecule has 0 saturated carbocycles. The first-order valence-electron chi connectivity index (χ1n) is 10.3. The number of carbonyl (C=O) groups excluding carboxylic acids is 4. The molecule has 2 fully saturated rings. The fourth-order valence-corrected chi connectivity index (χ4v) is 5.32. The van der Waals surface area contributed by atoms with Crippen LogP contribution in [0.5, 0.6) is 0 Å². The quantitative estimate of drug-likeness (QED) is 0.745. The van der Waals surface area contributed by atoms with E-state index in [0.717, 1.165) is 22.2 Å². The molecule has 0 radical (unpaired) electrons. The first kappa shape index (κ1) is 21.9. The summed E-state index contributed by atoms with van der Waals surface area (Å²) in [5.74, 6) is -1.37. The number of ether oxygens (including phenoxy) is 1. The van der Waals surface area contributed by atoms with E-state index in [9.17, 15) is 19.2 Å². The highest BCUT2D eigenvalue weighted by molar-refractivity contribution is 8.14. The van der Waals surface area contributed by atoms with E-state index in [1.165, 1.54) is 4.90 Å². The second kappa shape index (κ2) is 9.04. The lowest BCUT2D eigenvalue weighted by atomic mass is 9.88. The summed E-state index contributed by atoms with van der Waals surface area (Å²) in [5, 5.41) is -0.554. The second-order valence-electron chi connectivity index (χ2n) is 7.71. The SMILES string of the molecule is NC(=O)C1(c2ccccc2)CSC(=O)N1C(=O)[C@@H]1CCCN1C(=O)OCc1ccccc1. The highest BCUT2D eigenvalue weighted by Crippen LogP contribution is 2.42. The van der Waals surface area contributed by atoms with Gasteiger partial charge in [-0.2, -0.15) is 0 Å². The topological polar surface area (TPSA) is 110 Å². The Morgan fingerprint density at radius 1 is 1.06 bits per heavy atom. The first-order valence-corrected chi connectivity index (χ1v) is 11.3. The number of imide groups is 1. The zero-order valence-corrected chi connectivity index (χ0v) is 18.1. The van der Waals surface area contributed by atoms with E-state index >= 15 is 0 Å². The van der Waals surface area contributed by atoms with Gasteiger partial charge in [0, 0.05) is 12.3 Å². The molecule has 2 atom stereocenters. The van der Waals surface area contributed by atoms with Crippen molar-refractivity contribution in [1.29, 1.82) is 0 Å². The number of benzene rings is 2. The average Bonchev–Trinajstić information content (AvgIpc) is 3.44. The molecule has 2 heterocycles. The molecule has 2 saturated heterocycles. The van der Waals surface area contributed by atoms with Crippen LogP contribution < -0.4 is 5.73 Å². The number of amides is 4. The highest BCUT2D eigenvalue weighted by atomic mass is 32.2. The summed E-state index contributed by atoms with van der Waals surface area (Å²) in [5.41, 5.74) is 5.45. The van der Waals surface area contributed by atoms with Gasteiger partial charge in [-0.15, -0.1) is 0 Å². The number of carbonyl (C=O) groups is 4. The number of thioether (sulfide) groups is 1. The smallest absolute Gasteiger partial charge is 0.410 e. The number of hydrogen-bond acceptors (Lipinski definition) is 6. The van der Waals surface area contributed by atoms with E-state index in [1.807, 2.05) is 30.3 Å². The Bertz CT molecular complexity index is 1030. The third kappa shape index (κ3) is 3.84. The fourth-order valence-electron chi connectivity index (χ4n) is 4.17. The molecule has 1 unspecified atom stereocenters. The normalized spacial score (nSPS) is 22.8. The molecule has 166 valence electrons. The molecule has 0 aromatic heterocycles. The molecule has 9 heteroatoms. The minimum atomic E-state index is -1.59. The maximum atomic E-state index is 13.6. The van der Waals surface area contributed by atoms with Crippen molar-refractivity contribution in [3.8, 4) is 0 Å². The van der Waals surface area contributed by atoms with Crippen LogP contribution in [-0.4, -0.2) is 51.3 Å². The van der Waals surface area contributed by atoms with Crippen LogP contribution in [0.15, 0.2) is 60.7 Å². The summed E-state index contributed by atoms with van der Waals surface area (Å²) < 4.78 is 5.40. The van der Waals surface area contributed by atoms with E-state index in [-0.39, 0.29) is 12.4 Å². The Morgan fingerprint density at radius 3 is 2.38 bits per heavy atom. The molecule has 0 aliphatic carbocycles. The van der Waals surface area contributed by atoms with Crippen molar-refractivity contribution in [2.75, 3.05) is 12.3 Å². The van der Waals surface area contributed by atoms with Crippen molar-refractivity contribution in [2.45, 2.75) is 31.0 Å². The summed E-state index contributed by atoms with van der Waals surface area (Å²) in [4.78, 5) is 54.0. The van der Waals surface area contributed by atoms with Gasteiger partial charge in [-0.3, -0.25) is 24.2 Å². The van der Waals surface area contributed by atoms with Gasteiger partial charge in [-0.1, -0.05) is 72.4 Å². The fraction of sp³-hybridized carbons (Fsp3) is 0.304. The van der Waals surface area contributed by atoms with Crippen LogP contribution in [0.25, 0.3) is 0 Å². The summed E-state index contributed by atoms with van der Waals surface area (Å²) in [7, 11) is 0. The van der Waals surface area contributed by atoms with Gasteiger partial charge in [0.05, 0.1) is 0 Å². The van der Waals surface area contributed by atoms with Gasteiger partial charge in [0.2, 0.25) is 5.91 Å². The van der Waals surface area contributed by atoms with Crippen LogP contribution in [0.3, 0.4) is 0 Å². The van der Waals surface area contributed by atoms with E-state index < -0.39 is 34.7 Å². The van der Waals surface area contributed by atoms with Gasteiger partial charge >= 0.3 is 6.09 Å². The van der Waals surface area contributed by atoms with Crippen molar-refractivity contribution in [1.82, 2.24) is 9.80 Å². The largest absolute Gasteiger partial charge is 0.445 e. The van der Waals surface area contributed by atoms with Gasteiger partial charge in [-0.25, -0.2) is 4.79 Å². The van der Waals surface area contributed by atoms with Crippen molar-refractivity contribution in [3.63, 3.8) is 0 Å². The van der Waals surface area contributed by atoms with Gasteiger partial charge < -0.3 is 10.5 Å². The molecular weight excluding hydrogens is 430 g/mol. The zero-order chi connectivity index (χ0) is 22.7. The molecule has 0 spiro atoms. The number of nitrogens with two attached hydrogens (primary N) is 1. The molecule has 8 nitrogen and oxygen atoms in total. The summed E-state index contributed by atoms with van der Waals surface area (Å²) in [6.45, 7) is 0.402. The highest BCUT2D eigenvalue weighted by Gasteiger charge is 2.57. The molecule has 2 aliphatic heterocycles. The lowest BCUT2D eigenvalue weighted by molar-refractivity contribution is -0.143. The average molecular weight is 454 g/mol. The lowest BCUT2D eigenvalue weighted by Crippen LogP contribution is -2.60. The van der Waals surface area contributed by atoms with Gasteiger partial charge in [0.15, 0.2) is 5.54 Å². The number of rotatable bonds is 5. The van der Waals surface area contributed by atoms with E-state index in [2.05, 4.69) is 0 Å². The van der Waals surface area contributed by atoms with Crippen LogP contribution in [0.2, 0.25) is 0 Å². The zero-order valence-electron chi connectivity index (χ0n) is 17.3. The number of hydrogen-bond donors (Lipinski definition) is 1. The van der Waals surface area contributed by atoms with Crippen LogP contribution in [0.4, 0.5) is 9.59 Å². The first-order chi connectivity index (χ1) is 15.4. The Labute approximate surface area is 189 Å². The third-order valence-corrected chi connectivity index (χ3v) is 6.82. The predicted molar refractivity (Wildman–Crippen MR) is 118 cm³/mol. The molecule has 2 aliphatic rings. The monoisotopic (exact) mass is 453 g/mol. The van der Waals surface area contributed by atoms with Gasteiger partial charge in [0.1, 0.15) is 12.6 Å². The van der Waals surface area contributed by atoms with Crippen molar-refractivity contribution in [3.05, 3.63) is 71.8 Å². The minimum absolute atomic E-state index is 0.0299. The number of nitrogens with zero attached hydrogens (tertiary/aromatic N) is 2. The maximum absolute atomic E-state index is 13.6. The molecule has 2 N–H and O–H groups in total. The molecular formula is C23H23N3O5S. The van der Waals surface area contributed by atoms with Crippen molar-refractivity contribution in [2.24, 2.45) is 5.73 Å². The van der Waals surface area contributed by atoms with E-state index in [4.69, 9.17) is 10.5 Å². The summed E-state index contributed by atoms with van der Waals surface area (Å²) in [6.07, 6.45) is 0.325. The molecule has 4 rings (SSSR count). The van der Waals surface area contributed by atoms with Gasteiger partial charge in [-0.05, 0) is 24.0 Å². The van der Waals surface area contributed by atoms with Crippen molar-refractivity contribution < 1.29 is 23.9 Å². The number of likely N-dealkylation sites (tertiary alicyclic amines) is 1. The standard InChI is InChI=1S/C23H23N3O5S/c24-20(28)23(17-10-5-2-6-11-17)15-32-22(30)26(23)19(27)18-12-7-13-25(18)21(29)31-14-16-8-3-1-4-9-16/h1-6,8-11,18H,7,12-15H2,(H2,24,28)/t18-,23?/m0/s1. The minimum Gasteiger partial charge on any atom is -0.445 e. The Kier molecular flexibility index (Phi) is 6.18. The molecule has 2 aromatic rings. The van der Waals surface area contributed by atoms with Crippen LogP contribution in [-0.2, 0) is 26.5 Å². The number of primary amides is 1. The summed E-state index contributed by atoms with van der Waals surface area (Å²) >= 11 is 0.870. The Morgan fingerprint density at radius 2 is 1.72 bits per heavy atom. The molecule has 2 aromatic carbocycles. The lowest BCUT2D eigenvalue weighted by Gasteiger charge is -2.36. The predicted octanol–water partition coefficient (Wildman–Crippen LogP) is 2.86. The van der Waals surface area contributed by atoms with Crippen molar-refractivity contribution >= 4 is 34.9 Å². The van der Waals surface area contributed by atoms with E-state index in [1.54, 1.807) is 30.3 Å². The maximum Gasteiger partial charge on any atom is 0.410 e. The summed E-state index contributed by atoms with van der Waals surface area (Å²) in [6, 6.07) is 16.9. The van der Waals surface area contributed by atoms with Crippen LogP contribution >= 0.6 is 11.8 Å². The Balaban J connectivity index is 1.58. The van der Waals surface area contributed by atoms with E-state index in [0.29, 0.717) is 24.9 Å². The Hall–Kier alpha value is -3.33. The van der Waals surface area contributed by atoms with Crippen LogP contribution in [0.1, 0.15) is 24.0 Å². The third-order valence-electron chi connectivity index (χ3n) is 5.83. The van der Waals surface area contributed by atoms with Crippen LogP contribution in [0, 0.1) is 0 Å². The molecule has 4 amide bonds. The van der Waals surface area contributed by atoms with Gasteiger partial charge in [0.25, 0.3) is 11.1 Å². The molecule has 0 bridgehead atoms. The molecule has 32 heavy (non-hydrogen) atoms.